The number of hydrogen-bond acceptors (Lipinski definition) is 5. The van der Waals surface area contributed by atoms with Gasteiger partial charge in [0.15, 0.2) is 0 Å². The molecule has 0 aromatic rings. The largest absolute Gasteiger partial charge is 0.464 e. The van der Waals surface area contributed by atoms with E-state index >= 15 is 0 Å². The first kappa shape index (κ1) is 18.9. The van der Waals surface area contributed by atoms with E-state index < -0.39 is 18.0 Å². The van der Waals surface area contributed by atoms with E-state index in [1.54, 1.807) is 13.8 Å². The number of rotatable bonds is 10. The molecule has 0 rings (SSSR count). The number of ether oxygens (including phenoxy) is 2. The fourth-order valence-corrected chi connectivity index (χ4v) is 1.85. The number of carbonyl (C=O) groups is 3. The summed E-state index contributed by atoms with van der Waals surface area (Å²) in [4.78, 5) is 35.0. The van der Waals surface area contributed by atoms with Crippen LogP contribution in [0, 0.1) is 0 Å². The van der Waals surface area contributed by atoms with Gasteiger partial charge in [-0.3, -0.25) is 4.79 Å². The van der Waals surface area contributed by atoms with Gasteiger partial charge in [0, 0.05) is 11.8 Å². The summed E-state index contributed by atoms with van der Waals surface area (Å²) < 4.78 is 9.51. The van der Waals surface area contributed by atoms with Crippen molar-refractivity contribution in [2.24, 2.45) is 0 Å². The lowest BCUT2D eigenvalue weighted by Crippen LogP contribution is -2.48. The summed E-state index contributed by atoms with van der Waals surface area (Å²) in [7, 11) is 0. The number of esters is 2. The second-order valence-electron chi connectivity index (χ2n) is 4.00. The Bertz CT molecular complexity index is 304. The third kappa shape index (κ3) is 8.14. The molecular formula is C13H22BrNO5. The lowest BCUT2D eigenvalue weighted by Gasteiger charge is -2.15. The van der Waals surface area contributed by atoms with Crippen molar-refractivity contribution in [3.8, 4) is 0 Å². The van der Waals surface area contributed by atoms with Gasteiger partial charge in [-0.05, 0) is 26.7 Å². The maximum Gasteiger partial charge on any atom is 0.340 e. The normalized spacial score (nSPS) is 10.2. The van der Waals surface area contributed by atoms with Gasteiger partial charge in [0.1, 0.15) is 0 Å². The average Bonchev–Trinajstić information content (AvgIpc) is 2.41. The van der Waals surface area contributed by atoms with E-state index in [0.29, 0.717) is 6.42 Å². The number of nitrogens with one attached hydrogen (secondary N) is 1. The Morgan fingerprint density at radius 2 is 1.55 bits per heavy atom. The van der Waals surface area contributed by atoms with E-state index in [-0.39, 0.29) is 25.5 Å². The summed E-state index contributed by atoms with van der Waals surface area (Å²) in [6, 6.07) is -1.38. The number of alkyl halides is 1. The van der Waals surface area contributed by atoms with Crippen LogP contribution in [0.2, 0.25) is 0 Å². The number of amides is 1. The van der Waals surface area contributed by atoms with Gasteiger partial charge in [-0.2, -0.15) is 0 Å². The van der Waals surface area contributed by atoms with E-state index in [0.717, 1.165) is 18.2 Å². The van der Waals surface area contributed by atoms with Crippen LogP contribution in [-0.2, 0) is 23.9 Å². The molecule has 0 aliphatic carbocycles. The average molecular weight is 352 g/mol. The molecule has 0 heterocycles. The van der Waals surface area contributed by atoms with E-state index in [1.807, 2.05) is 0 Å². The molecule has 20 heavy (non-hydrogen) atoms. The van der Waals surface area contributed by atoms with E-state index in [2.05, 4.69) is 21.2 Å². The molecule has 0 fully saturated rings. The van der Waals surface area contributed by atoms with Crippen LogP contribution in [0.5, 0.6) is 0 Å². The predicted octanol–water partition coefficient (Wildman–Crippen LogP) is 1.55. The summed E-state index contributed by atoms with van der Waals surface area (Å²) >= 11 is 3.31. The minimum atomic E-state index is -1.38. The molecule has 7 heteroatoms. The second-order valence-corrected chi connectivity index (χ2v) is 4.80. The SMILES string of the molecule is CCOC(=O)C(NC(=O)CCCCCBr)C(=O)OCC. The van der Waals surface area contributed by atoms with E-state index in [9.17, 15) is 14.4 Å². The first-order chi connectivity index (χ1) is 9.56. The predicted molar refractivity (Wildman–Crippen MR) is 77.5 cm³/mol. The smallest absolute Gasteiger partial charge is 0.340 e. The van der Waals surface area contributed by atoms with Crippen LogP contribution < -0.4 is 5.32 Å². The molecule has 0 aromatic carbocycles. The van der Waals surface area contributed by atoms with Crippen LogP contribution in [0.15, 0.2) is 0 Å². The maximum atomic E-state index is 11.7. The van der Waals surface area contributed by atoms with Crippen molar-refractivity contribution in [3.63, 3.8) is 0 Å². The minimum Gasteiger partial charge on any atom is -0.464 e. The molecule has 0 unspecified atom stereocenters. The Labute approximate surface area is 127 Å². The molecular weight excluding hydrogens is 330 g/mol. The van der Waals surface area contributed by atoms with Crippen molar-refractivity contribution in [1.29, 1.82) is 0 Å². The summed E-state index contributed by atoms with van der Waals surface area (Å²) in [5.41, 5.74) is 0. The molecule has 1 N–H and O–H groups in total. The van der Waals surface area contributed by atoms with Crippen LogP contribution in [0.25, 0.3) is 0 Å². The molecule has 0 saturated heterocycles. The molecule has 0 aliphatic rings. The van der Waals surface area contributed by atoms with Crippen LogP contribution >= 0.6 is 15.9 Å². The Morgan fingerprint density at radius 1 is 1.00 bits per heavy atom. The Kier molecular flexibility index (Phi) is 11.0. The van der Waals surface area contributed by atoms with Crippen molar-refractivity contribution >= 4 is 33.8 Å². The highest BCUT2D eigenvalue weighted by Gasteiger charge is 2.30. The summed E-state index contributed by atoms with van der Waals surface area (Å²) in [5.74, 6) is -1.94. The summed E-state index contributed by atoms with van der Waals surface area (Å²) in [6.45, 7) is 3.52. The van der Waals surface area contributed by atoms with Gasteiger partial charge in [0.05, 0.1) is 13.2 Å². The number of hydrogen-bond donors (Lipinski definition) is 1. The highest BCUT2D eigenvalue weighted by atomic mass is 79.9. The zero-order valence-corrected chi connectivity index (χ0v) is 13.5. The summed E-state index contributed by atoms with van der Waals surface area (Å²) in [5, 5.41) is 3.26. The van der Waals surface area contributed by atoms with Gasteiger partial charge in [-0.1, -0.05) is 22.4 Å². The third-order valence-electron chi connectivity index (χ3n) is 2.39. The van der Waals surface area contributed by atoms with Crippen LogP contribution in [0.1, 0.15) is 39.5 Å². The summed E-state index contributed by atoms with van der Waals surface area (Å²) in [6.07, 6.45) is 2.85. The van der Waals surface area contributed by atoms with Crippen LogP contribution in [0.4, 0.5) is 0 Å². The molecule has 6 nitrogen and oxygen atoms in total. The molecule has 1 amide bonds. The second kappa shape index (κ2) is 11.7. The fraction of sp³-hybridized carbons (Fsp3) is 0.769. The Balaban J connectivity index is 4.36. The molecule has 0 bridgehead atoms. The van der Waals surface area contributed by atoms with Crippen LogP contribution in [-0.4, -0.2) is 42.4 Å². The van der Waals surface area contributed by atoms with E-state index in [1.165, 1.54) is 0 Å². The van der Waals surface area contributed by atoms with Gasteiger partial charge in [0.25, 0.3) is 0 Å². The van der Waals surface area contributed by atoms with Crippen molar-refractivity contribution in [2.45, 2.75) is 45.6 Å². The van der Waals surface area contributed by atoms with Gasteiger partial charge >= 0.3 is 11.9 Å². The molecule has 0 aliphatic heterocycles. The van der Waals surface area contributed by atoms with Gasteiger partial charge in [0.2, 0.25) is 11.9 Å². The lowest BCUT2D eigenvalue weighted by molar-refractivity contribution is -0.159. The Hall–Kier alpha value is -1.11. The topological polar surface area (TPSA) is 81.7 Å². The number of carbonyl (C=O) groups excluding carboxylic acids is 3. The maximum absolute atomic E-state index is 11.7. The molecule has 0 aromatic heterocycles. The van der Waals surface area contributed by atoms with Gasteiger partial charge in [-0.25, -0.2) is 9.59 Å². The first-order valence-corrected chi connectivity index (χ1v) is 7.87. The Morgan fingerprint density at radius 3 is 2.00 bits per heavy atom. The molecule has 0 spiro atoms. The number of unbranched alkanes of at least 4 members (excludes halogenated alkanes) is 2. The van der Waals surface area contributed by atoms with Crippen molar-refractivity contribution in [2.75, 3.05) is 18.5 Å². The molecule has 0 atom stereocenters. The first-order valence-electron chi connectivity index (χ1n) is 6.75. The zero-order valence-electron chi connectivity index (χ0n) is 11.9. The number of halogens is 1. The molecule has 0 radical (unpaired) electrons. The lowest BCUT2D eigenvalue weighted by atomic mass is 10.2. The van der Waals surface area contributed by atoms with Crippen LogP contribution in [0.3, 0.4) is 0 Å². The monoisotopic (exact) mass is 351 g/mol. The van der Waals surface area contributed by atoms with Gasteiger partial charge < -0.3 is 14.8 Å². The van der Waals surface area contributed by atoms with Crippen molar-refractivity contribution < 1.29 is 23.9 Å². The van der Waals surface area contributed by atoms with Gasteiger partial charge in [-0.15, -0.1) is 0 Å². The zero-order chi connectivity index (χ0) is 15.4. The quantitative estimate of drug-likeness (QED) is 0.279. The van der Waals surface area contributed by atoms with Crippen molar-refractivity contribution in [1.82, 2.24) is 5.32 Å². The van der Waals surface area contributed by atoms with E-state index in [4.69, 9.17) is 9.47 Å². The molecule has 0 saturated carbocycles. The highest BCUT2D eigenvalue weighted by molar-refractivity contribution is 9.09. The highest BCUT2D eigenvalue weighted by Crippen LogP contribution is 2.03. The van der Waals surface area contributed by atoms with Crippen molar-refractivity contribution in [3.05, 3.63) is 0 Å². The third-order valence-corrected chi connectivity index (χ3v) is 2.95. The fourth-order valence-electron chi connectivity index (χ4n) is 1.46. The molecule has 116 valence electrons. The standard InChI is InChI=1S/C13H22BrNO5/c1-3-19-12(17)11(13(18)20-4-2)15-10(16)8-6-5-7-9-14/h11H,3-9H2,1-2H3,(H,15,16). The minimum absolute atomic E-state index is 0.135.